The Hall–Kier alpha value is -2.87. The van der Waals surface area contributed by atoms with E-state index < -0.39 is 0 Å². The normalized spacial score (nSPS) is 17.0. The number of likely N-dealkylation sites (tertiary alicyclic amines) is 1. The van der Waals surface area contributed by atoms with Crippen LogP contribution in [0.4, 0.5) is 5.69 Å². The second-order valence-corrected chi connectivity index (χ2v) is 5.32. The topological polar surface area (TPSA) is 69.0 Å². The maximum Gasteiger partial charge on any atom is 0.229 e. The van der Waals surface area contributed by atoms with Crippen molar-refractivity contribution in [2.24, 2.45) is 5.92 Å². The largest absolute Gasteiger partial charge is 0.324 e. The first kappa shape index (κ1) is 14.1. The molecule has 0 saturated carbocycles. The van der Waals surface area contributed by atoms with Crippen LogP contribution in [0.1, 0.15) is 6.42 Å². The lowest BCUT2D eigenvalue weighted by Gasteiger charge is -2.11. The predicted octanol–water partition coefficient (Wildman–Crippen LogP) is 2.49. The molecule has 1 aliphatic heterocycles. The van der Waals surface area contributed by atoms with Gasteiger partial charge in [0.2, 0.25) is 5.91 Å². The summed E-state index contributed by atoms with van der Waals surface area (Å²) in [4.78, 5) is 18.2. The van der Waals surface area contributed by atoms with Crippen LogP contribution in [0.2, 0.25) is 0 Å². The van der Waals surface area contributed by atoms with Gasteiger partial charge in [-0.05, 0) is 18.6 Å². The Morgan fingerprint density at radius 3 is 2.73 bits per heavy atom. The van der Waals surface area contributed by atoms with E-state index in [4.69, 9.17) is 5.26 Å². The van der Waals surface area contributed by atoms with E-state index in [-0.39, 0.29) is 11.8 Å². The summed E-state index contributed by atoms with van der Waals surface area (Å²) in [7, 11) is 0. The highest BCUT2D eigenvalue weighted by atomic mass is 16.1. The fourth-order valence-corrected chi connectivity index (χ4v) is 2.56. The van der Waals surface area contributed by atoms with Gasteiger partial charge >= 0.3 is 0 Å². The molecular formula is C17H16N4O. The number of nitriles is 1. The standard InChI is InChI=1S/C17H16N4O/c18-12-21-9-8-14(11-21)17(22)20-15-6-7-16(19-10-15)13-4-2-1-3-5-13/h1-7,10,14H,8-9,11H2,(H,20,22). The summed E-state index contributed by atoms with van der Waals surface area (Å²) in [6, 6.07) is 13.6. The van der Waals surface area contributed by atoms with Gasteiger partial charge in [-0.1, -0.05) is 30.3 Å². The average Bonchev–Trinajstić information content (AvgIpc) is 3.06. The monoisotopic (exact) mass is 292 g/mol. The van der Waals surface area contributed by atoms with E-state index in [0.29, 0.717) is 18.8 Å². The van der Waals surface area contributed by atoms with Crippen molar-refractivity contribution in [3.8, 4) is 17.5 Å². The van der Waals surface area contributed by atoms with E-state index in [9.17, 15) is 4.79 Å². The van der Waals surface area contributed by atoms with Crippen LogP contribution >= 0.6 is 0 Å². The molecule has 1 fully saturated rings. The Morgan fingerprint density at radius 1 is 1.27 bits per heavy atom. The van der Waals surface area contributed by atoms with Crippen LogP contribution in [0.5, 0.6) is 0 Å². The molecule has 1 unspecified atom stereocenters. The quantitative estimate of drug-likeness (QED) is 0.882. The third-order valence-corrected chi connectivity index (χ3v) is 3.80. The molecule has 1 atom stereocenters. The van der Waals surface area contributed by atoms with Gasteiger partial charge in [0.05, 0.1) is 23.5 Å². The van der Waals surface area contributed by atoms with Gasteiger partial charge in [0.1, 0.15) is 0 Å². The van der Waals surface area contributed by atoms with Crippen LogP contribution in [-0.4, -0.2) is 28.9 Å². The highest BCUT2D eigenvalue weighted by Gasteiger charge is 2.27. The molecule has 22 heavy (non-hydrogen) atoms. The van der Waals surface area contributed by atoms with E-state index in [1.165, 1.54) is 0 Å². The summed E-state index contributed by atoms with van der Waals surface area (Å²) in [6.07, 6.45) is 4.46. The first-order valence-electron chi connectivity index (χ1n) is 7.23. The van der Waals surface area contributed by atoms with Crippen LogP contribution in [0, 0.1) is 17.4 Å². The lowest BCUT2D eigenvalue weighted by Crippen LogP contribution is -2.25. The second-order valence-electron chi connectivity index (χ2n) is 5.32. The van der Waals surface area contributed by atoms with E-state index in [1.807, 2.05) is 42.5 Å². The summed E-state index contributed by atoms with van der Waals surface area (Å²) >= 11 is 0. The maximum absolute atomic E-state index is 12.2. The Balaban J connectivity index is 1.64. The van der Waals surface area contributed by atoms with Crippen LogP contribution in [0.25, 0.3) is 11.3 Å². The fourth-order valence-electron chi connectivity index (χ4n) is 2.56. The third-order valence-electron chi connectivity index (χ3n) is 3.80. The summed E-state index contributed by atoms with van der Waals surface area (Å²) in [5.74, 6) is -0.180. The zero-order valence-electron chi connectivity index (χ0n) is 12.1. The van der Waals surface area contributed by atoms with Gasteiger partial charge in [0.15, 0.2) is 6.19 Å². The highest BCUT2D eigenvalue weighted by Crippen LogP contribution is 2.20. The van der Waals surface area contributed by atoms with Gasteiger partial charge in [-0.3, -0.25) is 9.78 Å². The van der Waals surface area contributed by atoms with Crippen molar-refractivity contribution in [3.63, 3.8) is 0 Å². The Kier molecular flexibility index (Phi) is 4.01. The first-order chi connectivity index (χ1) is 10.8. The second kappa shape index (κ2) is 6.27. The summed E-state index contributed by atoms with van der Waals surface area (Å²) in [6.45, 7) is 1.15. The number of benzene rings is 1. The van der Waals surface area contributed by atoms with Crippen molar-refractivity contribution < 1.29 is 4.79 Å². The van der Waals surface area contributed by atoms with Crippen LogP contribution < -0.4 is 5.32 Å². The van der Waals surface area contributed by atoms with E-state index in [0.717, 1.165) is 17.7 Å². The number of rotatable bonds is 3. The van der Waals surface area contributed by atoms with Crippen molar-refractivity contribution in [3.05, 3.63) is 48.7 Å². The number of carbonyl (C=O) groups is 1. The molecule has 1 N–H and O–H groups in total. The zero-order chi connectivity index (χ0) is 15.4. The smallest absolute Gasteiger partial charge is 0.229 e. The molecular weight excluding hydrogens is 276 g/mol. The molecule has 5 heteroatoms. The van der Waals surface area contributed by atoms with Crippen LogP contribution in [0.3, 0.4) is 0 Å². The SMILES string of the molecule is N#CN1CCC(C(=O)Nc2ccc(-c3ccccc3)nc2)C1. The molecule has 1 amide bonds. The zero-order valence-corrected chi connectivity index (χ0v) is 12.1. The summed E-state index contributed by atoms with van der Waals surface area (Å²) < 4.78 is 0. The number of nitrogens with one attached hydrogen (secondary N) is 1. The van der Waals surface area contributed by atoms with E-state index >= 15 is 0 Å². The van der Waals surface area contributed by atoms with Crippen molar-refractivity contribution in [1.82, 2.24) is 9.88 Å². The van der Waals surface area contributed by atoms with Gasteiger partial charge in [0, 0.05) is 18.7 Å². The maximum atomic E-state index is 12.2. The summed E-state index contributed by atoms with van der Waals surface area (Å²) in [5, 5.41) is 11.7. The van der Waals surface area contributed by atoms with Crippen LogP contribution in [-0.2, 0) is 4.79 Å². The van der Waals surface area contributed by atoms with Gasteiger partial charge < -0.3 is 10.2 Å². The molecule has 2 aromatic rings. The Bertz CT molecular complexity index is 691. The van der Waals surface area contributed by atoms with Crippen molar-refractivity contribution in [2.45, 2.75) is 6.42 Å². The molecule has 5 nitrogen and oxygen atoms in total. The molecule has 1 aromatic carbocycles. The molecule has 1 aromatic heterocycles. The minimum Gasteiger partial charge on any atom is -0.324 e. The number of hydrogen-bond donors (Lipinski definition) is 1. The number of carbonyl (C=O) groups excluding carboxylic acids is 1. The number of anilines is 1. The van der Waals surface area contributed by atoms with E-state index in [1.54, 1.807) is 11.1 Å². The van der Waals surface area contributed by atoms with Crippen molar-refractivity contribution in [1.29, 1.82) is 5.26 Å². The average molecular weight is 292 g/mol. The predicted molar refractivity (Wildman–Crippen MR) is 83.6 cm³/mol. The molecule has 0 spiro atoms. The number of pyridine rings is 1. The third kappa shape index (κ3) is 3.07. The van der Waals surface area contributed by atoms with E-state index in [2.05, 4.69) is 16.5 Å². The lowest BCUT2D eigenvalue weighted by atomic mass is 10.1. The lowest BCUT2D eigenvalue weighted by molar-refractivity contribution is -0.119. The van der Waals surface area contributed by atoms with Gasteiger partial charge in [-0.25, -0.2) is 0 Å². The Labute approximate surface area is 129 Å². The molecule has 0 radical (unpaired) electrons. The van der Waals surface area contributed by atoms with Crippen LogP contribution in [0.15, 0.2) is 48.7 Å². The molecule has 0 bridgehead atoms. The number of hydrogen-bond acceptors (Lipinski definition) is 4. The van der Waals surface area contributed by atoms with Crippen molar-refractivity contribution >= 4 is 11.6 Å². The summed E-state index contributed by atoms with van der Waals surface area (Å²) in [5.41, 5.74) is 2.59. The molecule has 110 valence electrons. The highest BCUT2D eigenvalue weighted by molar-refractivity contribution is 5.92. The number of nitrogens with zero attached hydrogens (tertiary/aromatic N) is 3. The fraction of sp³-hybridized carbons (Fsp3) is 0.235. The molecule has 1 saturated heterocycles. The molecule has 2 heterocycles. The molecule has 1 aliphatic rings. The van der Waals surface area contributed by atoms with Gasteiger partial charge in [0.25, 0.3) is 0 Å². The van der Waals surface area contributed by atoms with Gasteiger partial charge in [-0.15, -0.1) is 0 Å². The van der Waals surface area contributed by atoms with Gasteiger partial charge in [-0.2, -0.15) is 5.26 Å². The number of aromatic nitrogens is 1. The first-order valence-corrected chi connectivity index (χ1v) is 7.23. The number of amides is 1. The molecule has 3 rings (SSSR count). The van der Waals surface area contributed by atoms with Crippen molar-refractivity contribution in [2.75, 3.05) is 18.4 Å². The minimum atomic E-state index is -0.131. The Morgan fingerprint density at radius 2 is 2.09 bits per heavy atom. The minimum absolute atomic E-state index is 0.0491. The molecule has 0 aliphatic carbocycles.